The second-order valence-electron chi connectivity index (χ2n) is 6.47. The summed E-state index contributed by atoms with van der Waals surface area (Å²) in [7, 11) is 0. The first kappa shape index (κ1) is 17.7. The predicted octanol–water partition coefficient (Wildman–Crippen LogP) is 3.98. The Balaban J connectivity index is 1.61. The Hall–Kier alpha value is -3.67. The molecule has 0 bridgehead atoms. The summed E-state index contributed by atoms with van der Waals surface area (Å²) in [4.78, 5) is 17.1. The Labute approximate surface area is 163 Å². The van der Waals surface area contributed by atoms with Crippen molar-refractivity contribution in [3.8, 4) is 0 Å². The minimum absolute atomic E-state index is 0.218. The number of aromatic nitrogens is 3. The van der Waals surface area contributed by atoms with Crippen molar-refractivity contribution in [2.45, 2.75) is 19.6 Å². The summed E-state index contributed by atoms with van der Waals surface area (Å²) in [5, 5.41) is 7.42. The minimum atomic E-state index is -0.401. The summed E-state index contributed by atoms with van der Waals surface area (Å²) in [6.07, 6.45) is 5.38. The van der Waals surface area contributed by atoms with E-state index in [-0.39, 0.29) is 12.6 Å². The van der Waals surface area contributed by atoms with E-state index in [9.17, 15) is 4.79 Å². The molecule has 4 rings (SSSR count). The maximum atomic E-state index is 12.9. The summed E-state index contributed by atoms with van der Waals surface area (Å²) >= 11 is 0. The summed E-state index contributed by atoms with van der Waals surface area (Å²) in [5.41, 5.74) is 3.20. The van der Waals surface area contributed by atoms with Gasteiger partial charge in [0.2, 0.25) is 5.95 Å². The molecular formula is C22H20N4O2. The summed E-state index contributed by atoms with van der Waals surface area (Å²) in [5.74, 6) is 0.220. The SMILES string of the molecule is CC1=C(C(=O)OCc2ccccc2)C(C=Cc2ccccc2)n2ncnc2N1. The van der Waals surface area contributed by atoms with Gasteiger partial charge in [-0.25, -0.2) is 9.48 Å². The van der Waals surface area contributed by atoms with Gasteiger partial charge >= 0.3 is 5.97 Å². The number of carbonyl (C=O) groups excluding carboxylic acids is 1. The van der Waals surface area contributed by atoms with Gasteiger partial charge in [0.15, 0.2) is 0 Å². The molecule has 1 aromatic heterocycles. The highest BCUT2D eigenvalue weighted by Gasteiger charge is 2.31. The number of fused-ring (bicyclic) bond motifs is 1. The molecule has 0 spiro atoms. The van der Waals surface area contributed by atoms with E-state index in [1.54, 1.807) is 4.68 Å². The van der Waals surface area contributed by atoms with Gasteiger partial charge in [0, 0.05) is 5.70 Å². The normalized spacial score (nSPS) is 16.0. The summed E-state index contributed by atoms with van der Waals surface area (Å²) in [6, 6.07) is 19.1. The Morgan fingerprint density at radius 2 is 1.86 bits per heavy atom. The maximum absolute atomic E-state index is 12.9. The van der Waals surface area contributed by atoms with E-state index < -0.39 is 6.04 Å². The number of carbonyl (C=O) groups is 1. The van der Waals surface area contributed by atoms with Crippen LogP contribution in [0, 0.1) is 0 Å². The quantitative estimate of drug-likeness (QED) is 0.686. The van der Waals surface area contributed by atoms with Crippen LogP contribution in [-0.2, 0) is 16.1 Å². The van der Waals surface area contributed by atoms with Gasteiger partial charge in [-0.2, -0.15) is 10.1 Å². The molecule has 1 unspecified atom stereocenters. The van der Waals surface area contributed by atoms with Gasteiger partial charge in [-0.05, 0) is 18.1 Å². The van der Waals surface area contributed by atoms with Gasteiger partial charge in [-0.3, -0.25) is 0 Å². The van der Waals surface area contributed by atoms with E-state index in [0.717, 1.165) is 11.1 Å². The monoisotopic (exact) mass is 372 g/mol. The fraction of sp³-hybridized carbons (Fsp3) is 0.136. The fourth-order valence-corrected chi connectivity index (χ4v) is 3.14. The number of nitrogens with one attached hydrogen (secondary N) is 1. The number of nitrogens with zero attached hydrogens (tertiary/aromatic N) is 3. The molecule has 140 valence electrons. The van der Waals surface area contributed by atoms with Crippen LogP contribution in [0.1, 0.15) is 24.1 Å². The number of ether oxygens (including phenoxy) is 1. The lowest BCUT2D eigenvalue weighted by molar-refractivity contribution is -0.140. The Kier molecular flexibility index (Phi) is 5.01. The first-order chi connectivity index (χ1) is 13.7. The zero-order valence-electron chi connectivity index (χ0n) is 15.4. The molecule has 1 N–H and O–H groups in total. The second-order valence-corrected chi connectivity index (χ2v) is 6.47. The molecule has 6 nitrogen and oxygen atoms in total. The van der Waals surface area contributed by atoms with Gasteiger partial charge in [0.1, 0.15) is 19.0 Å². The Morgan fingerprint density at radius 1 is 1.14 bits per heavy atom. The van der Waals surface area contributed by atoms with Gasteiger partial charge in [0.25, 0.3) is 0 Å². The number of anilines is 1. The molecule has 2 heterocycles. The van der Waals surface area contributed by atoms with Crippen molar-refractivity contribution in [1.82, 2.24) is 14.8 Å². The molecule has 2 aromatic carbocycles. The van der Waals surface area contributed by atoms with E-state index >= 15 is 0 Å². The van der Waals surface area contributed by atoms with Crippen LogP contribution in [0.15, 0.2) is 84.3 Å². The number of hydrogen-bond donors (Lipinski definition) is 1. The van der Waals surface area contributed by atoms with Crippen molar-refractivity contribution in [3.63, 3.8) is 0 Å². The van der Waals surface area contributed by atoms with Crippen molar-refractivity contribution in [3.05, 3.63) is 95.5 Å². The molecule has 6 heteroatoms. The molecule has 0 radical (unpaired) electrons. The van der Waals surface area contributed by atoms with E-state index in [2.05, 4.69) is 15.4 Å². The number of rotatable bonds is 5. The van der Waals surface area contributed by atoms with Crippen molar-refractivity contribution in [1.29, 1.82) is 0 Å². The van der Waals surface area contributed by atoms with Crippen molar-refractivity contribution < 1.29 is 9.53 Å². The van der Waals surface area contributed by atoms with Gasteiger partial charge in [-0.15, -0.1) is 0 Å². The zero-order valence-corrected chi connectivity index (χ0v) is 15.4. The lowest BCUT2D eigenvalue weighted by atomic mass is 10.0. The number of esters is 1. The molecule has 1 atom stereocenters. The van der Waals surface area contributed by atoms with Crippen molar-refractivity contribution in [2.24, 2.45) is 0 Å². The van der Waals surface area contributed by atoms with Crippen LogP contribution in [0.4, 0.5) is 5.95 Å². The Bertz CT molecular complexity index is 1020. The highest BCUT2D eigenvalue weighted by molar-refractivity contribution is 5.92. The standard InChI is InChI=1S/C22H20N4O2/c1-16-20(21(27)28-14-18-10-6-3-7-11-18)19(26-22(25-16)23-15-24-26)13-12-17-8-4-2-5-9-17/h2-13,15,19H,14H2,1H3,(H,23,24,25). The van der Waals surface area contributed by atoms with Gasteiger partial charge < -0.3 is 10.1 Å². The molecule has 3 aromatic rings. The van der Waals surface area contributed by atoms with Crippen LogP contribution in [0.2, 0.25) is 0 Å². The van der Waals surface area contributed by atoms with Crippen LogP contribution in [0.5, 0.6) is 0 Å². The molecule has 1 aliphatic rings. The topological polar surface area (TPSA) is 69.0 Å². The first-order valence-electron chi connectivity index (χ1n) is 9.04. The Morgan fingerprint density at radius 3 is 2.61 bits per heavy atom. The van der Waals surface area contributed by atoms with E-state index in [1.165, 1.54) is 6.33 Å². The molecule has 0 saturated carbocycles. The predicted molar refractivity (Wildman–Crippen MR) is 107 cm³/mol. The summed E-state index contributed by atoms with van der Waals surface area (Å²) in [6.45, 7) is 2.07. The van der Waals surface area contributed by atoms with Crippen molar-refractivity contribution in [2.75, 3.05) is 5.32 Å². The molecule has 0 aliphatic carbocycles. The molecule has 1 aliphatic heterocycles. The maximum Gasteiger partial charge on any atom is 0.338 e. The molecule has 0 fully saturated rings. The summed E-state index contributed by atoms with van der Waals surface area (Å²) < 4.78 is 7.27. The van der Waals surface area contributed by atoms with Crippen LogP contribution in [0.25, 0.3) is 6.08 Å². The first-order valence-corrected chi connectivity index (χ1v) is 9.04. The second kappa shape index (κ2) is 7.92. The molecular weight excluding hydrogens is 352 g/mol. The molecule has 0 amide bonds. The van der Waals surface area contributed by atoms with E-state index in [4.69, 9.17) is 4.74 Å². The van der Waals surface area contributed by atoms with E-state index in [1.807, 2.05) is 79.7 Å². The third-order valence-electron chi connectivity index (χ3n) is 4.54. The smallest absolute Gasteiger partial charge is 0.338 e. The number of hydrogen-bond acceptors (Lipinski definition) is 5. The van der Waals surface area contributed by atoms with Crippen LogP contribution in [-0.4, -0.2) is 20.7 Å². The average molecular weight is 372 g/mol. The molecule has 0 saturated heterocycles. The number of allylic oxidation sites excluding steroid dienone is 2. The third kappa shape index (κ3) is 3.71. The molecule has 28 heavy (non-hydrogen) atoms. The van der Waals surface area contributed by atoms with Gasteiger partial charge in [-0.1, -0.05) is 72.8 Å². The lowest BCUT2D eigenvalue weighted by Gasteiger charge is -2.25. The van der Waals surface area contributed by atoms with Gasteiger partial charge in [0.05, 0.1) is 5.57 Å². The minimum Gasteiger partial charge on any atom is -0.457 e. The average Bonchev–Trinajstić information content (AvgIpc) is 3.19. The largest absolute Gasteiger partial charge is 0.457 e. The zero-order chi connectivity index (χ0) is 19.3. The van der Waals surface area contributed by atoms with Crippen LogP contribution < -0.4 is 5.32 Å². The highest BCUT2D eigenvalue weighted by Crippen LogP contribution is 2.31. The lowest BCUT2D eigenvalue weighted by Crippen LogP contribution is -2.27. The third-order valence-corrected chi connectivity index (χ3v) is 4.54. The highest BCUT2D eigenvalue weighted by atomic mass is 16.5. The fourth-order valence-electron chi connectivity index (χ4n) is 3.14. The van der Waals surface area contributed by atoms with E-state index in [0.29, 0.717) is 17.2 Å². The van der Waals surface area contributed by atoms with Crippen LogP contribution >= 0.6 is 0 Å². The number of benzene rings is 2. The van der Waals surface area contributed by atoms with Crippen LogP contribution in [0.3, 0.4) is 0 Å². The van der Waals surface area contributed by atoms with Crippen molar-refractivity contribution >= 4 is 18.0 Å².